The van der Waals surface area contributed by atoms with Crippen LogP contribution in [0.15, 0.2) is 54.0 Å². The second-order valence-electron chi connectivity index (χ2n) is 7.01. The number of nitrogens with zero attached hydrogens (tertiary/aromatic N) is 4. The molecule has 0 aliphatic heterocycles. The molecule has 9 heteroatoms. The number of aromatic nitrogens is 3. The Morgan fingerprint density at radius 1 is 1.28 bits per heavy atom. The van der Waals surface area contributed by atoms with E-state index in [9.17, 15) is 13.2 Å². The third-order valence-electron chi connectivity index (χ3n) is 5.10. The van der Waals surface area contributed by atoms with Crippen molar-refractivity contribution < 1.29 is 13.2 Å². The summed E-state index contributed by atoms with van der Waals surface area (Å²) in [7, 11) is 0. The summed E-state index contributed by atoms with van der Waals surface area (Å²) >= 11 is 6.09. The Hall–Kier alpha value is -2.87. The van der Waals surface area contributed by atoms with Crippen LogP contribution in [0.2, 0.25) is 5.15 Å². The number of rotatable bonds is 5. The van der Waals surface area contributed by atoms with Gasteiger partial charge in [-0.2, -0.15) is 13.2 Å². The number of alkyl halides is 3. The number of hydrogen-bond donors (Lipinski definition) is 1. The maximum atomic E-state index is 13.1. The molecule has 0 amide bonds. The highest BCUT2D eigenvalue weighted by Crippen LogP contribution is 2.57. The number of aliphatic imine (C=N–C) groups is 1. The van der Waals surface area contributed by atoms with Crippen LogP contribution in [-0.2, 0) is 0 Å². The summed E-state index contributed by atoms with van der Waals surface area (Å²) in [5.74, 6) is 0. The van der Waals surface area contributed by atoms with Gasteiger partial charge in [0.2, 0.25) is 0 Å². The lowest BCUT2D eigenvalue weighted by Gasteiger charge is -2.16. The average molecular weight is 420 g/mol. The lowest BCUT2D eigenvalue weighted by molar-refractivity contribution is -0.183. The Labute approximate surface area is 169 Å². The van der Waals surface area contributed by atoms with Crippen LogP contribution in [0.1, 0.15) is 18.4 Å². The third-order valence-corrected chi connectivity index (χ3v) is 5.31. The molecule has 1 aliphatic rings. The van der Waals surface area contributed by atoms with Crippen molar-refractivity contribution in [2.45, 2.75) is 19.0 Å². The SMILES string of the molecule is NC=C(C=NCC1(C(F)(F)F)CC1)c1ccc(Cl)nc1-c1ccn2ccnc2c1. The molecule has 150 valence electrons. The Morgan fingerprint density at radius 3 is 2.76 bits per heavy atom. The largest absolute Gasteiger partial charge is 0.404 e. The van der Waals surface area contributed by atoms with Crippen LogP contribution in [0, 0.1) is 5.41 Å². The normalized spacial score (nSPS) is 16.6. The first-order valence-corrected chi connectivity index (χ1v) is 9.29. The first-order valence-electron chi connectivity index (χ1n) is 8.91. The fourth-order valence-corrected chi connectivity index (χ4v) is 3.30. The van der Waals surface area contributed by atoms with E-state index in [1.165, 1.54) is 12.4 Å². The van der Waals surface area contributed by atoms with E-state index < -0.39 is 11.6 Å². The molecule has 0 unspecified atom stereocenters. The van der Waals surface area contributed by atoms with E-state index in [1.54, 1.807) is 18.3 Å². The predicted molar refractivity (Wildman–Crippen MR) is 107 cm³/mol. The molecule has 2 N–H and O–H groups in total. The molecule has 5 nitrogen and oxygen atoms in total. The Kier molecular flexibility index (Phi) is 4.82. The van der Waals surface area contributed by atoms with Crippen LogP contribution in [0.4, 0.5) is 13.2 Å². The zero-order valence-corrected chi connectivity index (χ0v) is 16.0. The Bertz CT molecular complexity index is 1110. The summed E-state index contributed by atoms with van der Waals surface area (Å²) in [6.07, 6.45) is 3.97. The minimum Gasteiger partial charge on any atom is -0.404 e. The summed E-state index contributed by atoms with van der Waals surface area (Å²) in [5.41, 5.74) is 7.17. The van der Waals surface area contributed by atoms with E-state index in [2.05, 4.69) is 15.0 Å². The second-order valence-corrected chi connectivity index (χ2v) is 7.40. The van der Waals surface area contributed by atoms with Gasteiger partial charge >= 0.3 is 6.18 Å². The summed E-state index contributed by atoms with van der Waals surface area (Å²) in [4.78, 5) is 12.7. The molecule has 0 spiro atoms. The topological polar surface area (TPSA) is 68.6 Å². The van der Waals surface area contributed by atoms with Crippen molar-refractivity contribution in [2.24, 2.45) is 16.1 Å². The van der Waals surface area contributed by atoms with E-state index in [4.69, 9.17) is 17.3 Å². The monoisotopic (exact) mass is 419 g/mol. The van der Waals surface area contributed by atoms with Crippen molar-refractivity contribution in [1.29, 1.82) is 0 Å². The molecule has 0 saturated heterocycles. The molecule has 0 bridgehead atoms. The van der Waals surface area contributed by atoms with Gasteiger partial charge in [-0.05, 0) is 37.1 Å². The van der Waals surface area contributed by atoms with Crippen molar-refractivity contribution in [3.63, 3.8) is 0 Å². The zero-order chi connectivity index (χ0) is 20.6. The van der Waals surface area contributed by atoms with Crippen molar-refractivity contribution in [2.75, 3.05) is 6.54 Å². The molecule has 1 fully saturated rings. The van der Waals surface area contributed by atoms with Gasteiger partial charge in [0.05, 0.1) is 17.7 Å². The maximum absolute atomic E-state index is 13.1. The molecule has 4 rings (SSSR count). The van der Waals surface area contributed by atoms with Crippen molar-refractivity contribution >= 4 is 29.0 Å². The number of nitrogens with two attached hydrogens (primary N) is 1. The summed E-state index contributed by atoms with van der Waals surface area (Å²) in [6.45, 7) is -0.315. The lowest BCUT2D eigenvalue weighted by atomic mass is 10.0. The van der Waals surface area contributed by atoms with Crippen LogP contribution in [0.25, 0.3) is 22.5 Å². The van der Waals surface area contributed by atoms with Crippen LogP contribution in [0.3, 0.4) is 0 Å². The highest BCUT2D eigenvalue weighted by atomic mass is 35.5. The fraction of sp³-hybridized carbons (Fsp3) is 0.250. The number of imidazole rings is 1. The number of hydrogen-bond acceptors (Lipinski definition) is 4. The number of allylic oxidation sites excluding steroid dienone is 1. The predicted octanol–water partition coefficient (Wildman–Crippen LogP) is 4.76. The first kappa shape index (κ1) is 19.4. The molecule has 3 aromatic heterocycles. The molecule has 0 atom stereocenters. The van der Waals surface area contributed by atoms with E-state index in [0.29, 0.717) is 16.8 Å². The Morgan fingerprint density at radius 2 is 2.07 bits per heavy atom. The van der Waals surface area contributed by atoms with Gasteiger partial charge in [-0.3, -0.25) is 4.99 Å². The van der Waals surface area contributed by atoms with Gasteiger partial charge in [-0.15, -0.1) is 0 Å². The van der Waals surface area contributed by atoms with Gasteiger partial charge in [-0.25, -0.2) is 9.97 Å². The average Bonchev–Trinajstić information content (AvgIpc) is 3.34. The number of pyridine rings is 2. The molecule has 0 aromatic carbocycles. The third kappa shape index (κ3) is 3.72. The number of halogens is 4. The molecule has 3 aromatic rings. The summed E-state index contributed by atoms with van der Waals surface area (Å²) < 4.78 is 41.2. The highest BCUT2D eigenvalue weighted by Gasteiger charge is 2.62. The Balaban J connectivity index is 1.67. The van der Waals surface area contributed by atoms with Gasteiger partial charge in [0, 0.05) is 47.7 Å². The molecule has 0 radical (unpaired) electrons. The molecule has 29 heavy (non-hydrogen) atoms. The van der Waals surface area contributed by atoms with Crippen molar-refractivity contribution in [1.82, 2.24) is 14.4 Å². The summed E-state index contributed by atoms with van der Waals surface area (Å²) in [6, 6.07) is 7.02. The van der Waals surface area contributed by atoms with E-state index in [0.717, 1.165) is 11.2 Å². The van der Waals surface area contributed by atoms with Gasteiger partial charge < -0.3 is 10.1 Å². The quantitative estimate of drug-likeness (QED) is 0.478. The molecule has 1 aliphatic carbocycles. The van der Waals surface area contributed by atoms with Crippen LogP contribution in [-0.4, -0.2) is 33.3 Å². The van der Waals surface area contributed by atoms with Crippen LogP contribution in [0.5, 0.6) is 0 Å². The first-order chi connectivity index (χ1) is 13.8. The van der Waals surface area contributed by atoms with E-state index in [-0.39, 0.29) is 24.5 Å². The molecular formula is C20H17ClF3N5. The van der Waals surface area contributed by atoms with Crippen molar-refractivity contribution in [3.05, 3.63) is 59.8 Å². The van der Waals surface area contributed by atoms with Gasteiger partial charge in [0.1, 0.15) is 10.8 Å². The fourth-order valence-electron chi connectivity index (χ4n) is 3.15. The maximum Gasteiger partial charge on any atom is 0.396 e. The smallest absolute Gasteiger partial charge is 0.396 e. The van der Waals surface area contributed by atoms with Crippen LogP contribution < -0.4 is 5.73 Å². The van der Waals surface area contributed by atoms with Gasteiger partial charge in [0.15, 0.2) is 0 Å². The highest BCUT2D eigenvalue weighted by molar-refractivity contribution is 6.29. The lowest BCUT2D eigenvalue weighted by Crippen LogP contribution is -2.27. The van der Waals surface area contributed by atoms with E-state index >= 15 is 0 Å². The second kappa shape index (κ2) is 7.18. The molecule has 1 saturated carbocycles. The molecular weight excluding hydrogens is 403 g/mol. The minimum atomic E-state index is -4.25. The standard InChI is InChI=1S/C20H17ClF3N5/c21-16-2-1-15(14(10-25)11-26-12-19(4-5-19)20(22,23)24)18(28-16)13-3-7-29-8-6-27-17(29)9-13/h1-3,6-11H,4-5,12,25H2. The zero-order valence-electron chi connectivity index (χ0n) is 15.2. The molecule has 3 heterocycles. The van der Waals surface area contributed by atoms with Crippen LogP contribution >= 0.6 is 11.6 Å². The van der Waals surface area contributed by atoms with Gasteiger partial charge in [-0.1, -0.05) is 11.6 Å². The van der Waals surface area contributed by atoms with Gasteiger partial charge in [0.25, 0.3) is 0 Å². The minimum absolute atomic E-state index is 0.105. The van der Waals surface area contributed by atoms with Crippen molar-refractivity contribution in [3.8, 4) is 11.3 Å². The number of fused-ring (bicyclic) bond motifs is 1. The van der Waals surface area contributed by atoms with E-state index in [1.807, 2.05) is 28.9 Å². The summed E-state index contributed by atoms with van der Waals surface area (Å²) in [5, 5.41) is 0.286.